The Morgan fingerprint density at radius 3 is 3.09 bits per heavy atom. The second-order valence-corrected chi connectivity index (χ2v) is 2.27. The maximum atomic E-state index is 12.4. The van der Waals surface area contributed by atoms with E-state index in [1.165, 1.54) is 6.20 Å². The number of rotatable bonds is 0. The van der Waals surface area contributed by atoms with Crippen LogP contribution in [0.2, 0.25) is 5.15 Å². The fraction of sp³-hybridized carbons (Fsp3) is 0. The fourth-order valence-corrected chi connectivity index (χ4v) is 0.982. The summed E-state index contributed by atoms with van der Waals surface area (Å²) in [5.74, 6) is 0. The summed E-state index contributed by atoms with van der Waals surface area (Å²) in [4.78, 5) is 6.72. The number of nitrogens with one attached hydrogen (secondary N) is 1. The van der Waals surface area contributed by atoms with E-state index in [9.17, 15) is 4.39 Å². The van der Waals surface area contributed by atoms with Gasteiger partial charge in [0.2, 0.25) is 0 Å². The summed E-state index contributed by atoms with van der Waals surface area (Å²) in [6, 6.07) is 0. The Bertz CT molecular complexity index is 398. The van der Waals surface area contributed by atoms with Crippen molar-refractivity contribution in [3.63, 3.8) is 0 Å². The van der Waals surface area contributed by atoms with Crippen molar-refractivity contribution in [1.29, 1.82) is 0 Å². The van der Waals surface area contributed by atoms with Crippen molar-refractivity contribution in [1.82, 2.24) is 20.2 Å². The summed E-state index contributed by atoms with van der Waals surface area (Å²) in [7, 11) is 0. The van der Waals surface area contributed by atoms with Crippen LogP contribution < -0.4 is 0 Å². The summed E-state index contributed by atoms with van der Waals surface area (Å²) >= 11 is 5.55. The van der Waals surface area contributed by atoms with Crippen LogP contribution in [0, 0.1) is 6.08 Å². The first kappa shape index (κ1) is 6.48. The average Bonchev–Trinajstić information content (AvgIpc) is 2.34. The second kappa shape index (κ2) is 2.13. The Morgan fingerprint density at radius 1 is 1.45 bits per heavy atom. The Morgan fingerprint density at radius 2 is 2.27 bits per heavy atom. The highest BCUT2D eigenvalue weighted by molar-refractivity contribution is 6.33. The predicted molar refractivity (Wildman–Crippen MR) is 36.7 cm³/mol. The number of nitrogens with zero attached hydrogens (tertiary/aromatic N) is 3. The van der Waals surface area contributed by atoms with E-state index in [0.29, 0.717) is 11.0 Å². The van der Waals surface area contributed by atoms with Crippen LogP contribution in [0.5, 0.6) is 0 Å². The molecule has 0 aliphatic carbocycles. The molecular formula is C5H2ClFN4. The predicted octanol–water partition coefficient (Wildman–Crippen LogP) is 1.15. The smallest absolute Gasteiger partial charge is 0.261 e. The molecule has 2 aromatic rings. The number of fused-ring (bicyclic) bond motifs is 1. The maximum Gasteiger partial charge on any atom is 0.312 e. The van der Waals surface area contributed by atoms with Crippen LogP contribution in [0.1, 0.15) is 0 Å². The molecule has 0 saturated heterocycles. The van der Waals surface area contributed by atoms with Gasteiger partial charge in [0.25, 0.3) is 0 Å². The number of aromatic nitrogens is 4. The monoisotopic (exact) mass is 172 g/mol. The molecule has 0 spiro atoms. The molecule has 4 nitrogen and oxygen atoms in total. The lowest BCUT2D eigenvalue weighted by molar-refractivity contribution is 0.544. The van der Waals surface area contributed by atoms with Crippen molar-refractivity contribution in [2.24, 2.45) is 0 Å². The normalized spacial score (nSPS) is 10.7. The zero-order chi connectivity index (χ0) is 7.84. The van der Waals surface area contributed by atoms with Gasteiger partial charge in [0.15, 0.2) is 5.65 Å². The first-order valence-corrected chi connectivity index (χ1v) is 3.17. The minimum atomic E-state index is -0.855. The Kier molecular flexibility index (Phi) is 1.25. The number of aromatic amines is 1. The van der Waals surface area contributed by atoms with E-state index in [1.54, 1.807) is 0 Å². The van der Waals surface area contributed by atoms with Crippen molar-refractivity contribution < 1.29 is 4.39 Å². The topological polar surface area (TPSA) is 54.5 Å². The van der Waals surface area contributed by atoms with Gasteiger partial charge in [0.05, 0.1) is 11.6 Å². The summed E-state index contributed by atoms with van der Waals surface area (Å²) in [6.07, 6.45) is 0.587. The lowest BCUT2D eigenvalue weighted by atomic mass is 10.4. The standard InChI is InChI=1S/C5H2ClFN4/c6-3-2-1-8-11-4(2)10-5(7)9-3/h1H,(H,8,9,10,11). The van der Waals surface area contributed by atoms with Gasteiger partial charge in [-0.05, 0) is 0 Å². The third kappa shape index (κ3) is 0.932. The molecule has 0 unspecified atom stereocenters. The number of hydrogen-bond acceptors (Lipinski definition) is 3. The maximum absolute atomic E-state index is 12.4. The number of halogens is 2. The van der Waals surface area contributed by atoms with E-state index in [-0.39, 0.29) is 5.15 Å². The molecule has 0 atom stereocenters. The zero-order valence-electron chi connectivity index (χ0n) is 5.17. The summed E-state index contributed by atoms with van der Waals surface area (Å²) in [5.41, 5.74) is 0.308. The first-order valence-electron chi connectivity index (χ1n) is 2.79. The van der Waals surface area contributed by atoms with Gasteiger partial charge >= 0.3 is 6.08 Å². The van der Waals surface area contributed by atoms with Crippen molar-refractivity contribution in [3.8, 4) is 0 Å². The van der Waals surface area contributed by atoms with E-state index < -0.39 is 6.08 Å². The summed E-state index contributed by atoms with van der Waals surface area (Å²) in [6.45, 7) is 0. The molecule has 2 aromatic heterocycles. The second-order valence-electron chi connectivity index (χ2n) is 1.92. The quantitative estimate of drug-likeness (QED) is 0.479. The molecule has 0 saturated carbocycles. The van der Waals surface area contributed by atoms with E-state index in [1.807, 2.05) is 0 Å². The fourth-order valence-electron chi connectivity index (χ4n) is 0.774. The van der Waals surface area contributed by atoms with Crippen molar-refractivity contribution in [2.45, 2.75) is 0 Å². The lowest BCUT2D eigenvalue weighted by Crippen LogP contribution is -1.89. The Labute approximate surface area is 65.4 Å². The third-order valence-electron chi connectivity index (χ3n) is 1.24. The van der Waals surface area contributed by atoms with Gasteiger partial charge in [-0.3, -0.25) is 5.10 Å². The Hall–Kier alpha value is -1.23. The molecule has 0 amide bonds. The van der Waals surface area contributed by atoms with Crippen LogP contribution in [-0.4, -0.2) is 20.2 Å². The van der Waals surface area contributed by atoms with E-state index >= 15 is 0 Å². The summed E-state index contributed by atoms with van der Waals surface area (Å²) < 4.78 is 12.4. The van der Waals surface area contributed by atoms with Crippen LogP contribution in [0.15, 0.2) is 6.20 Å². The van der Waals surface area contributed by atoms with E-state index in [2.05, 4.69) is 20.2 Å². The molecule has 0 fully saturated rings. The van der Waals surface area contributed by atoms with Crippen LogP contribution in [0.4, 0.5) is 4.39 Å². The highest BCUT2D eigenvalue weighted by atomic mass is 35.5. The van der Waals surface area contributed by atoms with Gasteiger partial charge in [-0.15, -0.1) is 0 Å². The van der Waals surface area contributed by atoms with Gasteiger partial charge < -0.3 is 0 Å². The summed E-state index contributed by atoms with van der Waals surface area (Å²) in [5, 5.41) is 6.69. The minimum absolute atomic E-state index is 0.0706. The highest BCUT2D eigenvalue weighted by Crippen LogP contribution is 2.16. The minimum Gasteiger partial charge on any atom is -0.261 e. The van der Waals surface area contributed by atoms with Crippen molar-refractivity contribution in [2.75, 3.05) is 0 Å². The van der Waals surface area contributed by atoms with Gasteiger partial charge in [-0.25, -0.2) is 0 Å². The zero-order valence-corrected chi connectivity index (χ0v) is 5.93. The van der Waals surface area contributed by atoms with Gasteiger partial charge in [0.1, 0.15) is 5.15 Å². The molecule has 11 heavy (non-hydrogen) atoms. The SMILES string of the molecule is Fc1nc(Cl)c2cn[nH]c2n1. The lowest BCUT2D eigenvalue weighted by Gasteiger charge is -1.89. The Balaban J connectivity index is 2.91. The number of hydrogen-bond donors (Lipinski definition) is 1. The molecule has 0 aliphatic rings. The van der Waals surface area contributed by atoms with Crippen molar-refractivity contribution in [3.05, 3.63) is 17.4 Å². The highest BCUT2D eigenvalue weighted by Gasteiger charge is 2.05. The molecule has 1 N–H and O–H groups in total. The molecule has 2 rings (SSSR count). The molecule has 0 bridgehead atoms. The average molecular weight is 173 g/mol. The molecule has 0 aromatic carbocycles. The number of H-pyrrole nitrogens is 1. The molecule has 2 heterocycles. The van der Waals surface area contributed by atoms with Crippen LogP contribution >= 0.6 is 11.6 Å². The van der Waals surface area contributed by atoms with Crippen LogP contribution in [0.25, 0.3) is 11.0 Å². The van der Waals surface area contributed by atoms with E-state index in [0.717, 1.165) is 0 Å². The third-order valence-corrected chi connectivity index (χ3v) is 1.52. The van der Waals surface area contributed by atoms with Gasteiger partial charge in [-0.2, -0.15) is 19.5 Å². The molecule has 6 heteroatoms. The van der Waals surface area contributed by atoms with Crippen LogP contribution in [-0.2, 0) is 0 Å². The van der Waals surface area contributed by atoms with Crippen LogP contribution in [0.3, 0.4) is 0 Å². The largest absolute Gasteiger partial charge is 0.312 e. The first-order chi connectivity index (χ1) is 5.27. The van der Waals surface area contributed by atoms with E-state index in [4.69, 9.17) is 11.6 Å². The molecule has 0 radical (unpaired) electrons. The molecular weight excluding hydrogens is 171 g/mol. The van der Waals surface area contributed by atoms with Crippen molar-refractivity contribution >= 4 is 22.6 Å². The van der Waals surface area contributed by atoms with Gasteiger partial charge in [-0.1, -0.05) is 11.6 Å². The molecule has 0 aliphatic heterocycles. The molecule has 56 valence electrons. The van der Waals surface area contributed by atoms with Gasteiger partial charge in [0, 0.05) is 0 Å².